The molecule has 2 N–H and O–H groups in total. The zero-order valence-electron chi connectivity index (χ0n) is 9.90. The average molecular weight is 248 g/mol. The number of Topliss-reactive ketones (excluding diaryl/α,β-unsaturated/α-hetero) is 2. The summed E-state index contributed by atoms with van der Waals surface area (Å²) in [5.41, 5.74) is 0. The molecule has 0 bridgehead atoms. The maximum atomic E-state index is 12.2. The summed E-state index contributed by atoms with van der Waals surface area (Å²) in [6, 6.07) is 0. The number of carbonyl (C=O) groups excluding carboxylic acids is 2. The SMILES string of the molecule is O=C1C(O)[C@H]2CC3C[C@H]4C(O)C(=O)[C@H]5[C@@H]1[C@@H]2C3[C@H]54. The van der Waals surface area contributed by atoms with Crippen molar-refractivity contribution in [2.24, 2.45) is 47.3 Å². The molecular formula is C14H16O4. The Morgan fingerprint density at radius 1 is 0.778 bits per heavy atom. The van der Waals surface area contributed by atoms with E-state index in [0.717, 1.165) is 12.8 Å². The summed E-state index contributed by atoms with van der Waals surface area (Å²) in [6.07, 6.45) is 0.185. The Morgan fingerprint density at radius 2 is 1.22 bits per heavy atom. The fourth-order valence-corrected chi connectivity index (χ4v) is 6.60. The van der Waals surface area contributed by atoms with Crippen molar-refractivity contribution >= 4 is 11.6 Å². The maximum Gasteiger partial charge on any atom is 0.165 e. The molecule has 0 radical (unpaired) electrons. The first-order valence-corrected chi connectivity index (χ1v) is 7.05. The van der Waals surface area contributed by atoms with Crippen LogP contribution in [0.1, 0.15) is 12.8 Å². The van der Waals surface area contributed by atoms with Crippen LogP contribution in [0.3, 0.4) is 0 Å². The Hall–Kier alpha value is -0.740. The molecule has 5 aliphatic carbocycles. The molecule has 4 heteroatoms. The summed E-state index contributed by atoms with van der Waals surface area (Å²) in [4.78, 5) is 24.4. The van der Waals surface area contributed by atoms with Gasteiger partial charge < -0.3 is 10.2 Å². The minimum Gasteiger partial charge on any atom is -0.385 e. The van der Waals surface area contributed by atoms with E-state index >= 15 is 0 Å². The standard InChI is InChI=1S/C14H16O4/c15-11-4-1-3-2-5-8-6(3)7(4)9(13(11)17)10(8)14(18)12(5)16/h3-12,15-16H,1-2H2/t3?,4-,5+,6?,7-,8+,9-,10+,11?,12?. The second kappa shape index (κ2) is 2.73. The number of ketones is 2. The summed E-state index contributed by atoms with van der Waals surface area (Å²) in [6.45, 7) is 0. The van der Waals surface area contributed by atoms with Gasteiger partial charge in [-0.15, -0.1) is 0 Å². The lowest BCUT2D eigenvalue weighted by Gasteiger charge is -2.18. The molecule has 5 saturated carbocycles. The highest BCUT2D eigenvalue weighted by atomic mass is 16.3. The van der Waals surface area contributed by atoms with Crippen molar-refractivity contribution in [1.29, 1.82) is 0 Å². The lowest BCUT2D eigenvalue weighted by molar-refractivity contribution is -0.136. The summed E-state index contributed by atoms with van der Waals surface area (Å²) < 4.78 is 0. The summed E-state index contributed by atoms with van der Waals surface area (Å²) in [5, 5.41) is 20.1. The van der Waals surface area contributed by atoms with Crippen molar-refractivity contribution < 1.29 is 19.8 Å². The van der Waals surface area contributed by atoms with Gasteiger partial charge >= 0.3 is 0 Å². The fraction of sp³-hybridized carbons (Fsp3) is 0.857. The molecule has 0 saturated heterocycles. The van der Waals surface area contributed by atoms with Crippen molar-refractivity contribution in [2.75, 3.05) is 0 Å². The molecular weight excluding hydrogens is 232 g/mol. The first-order valence-electron chi connectivity index (χ1n) is 7.05. The Bertz CT molecular complexity index is 444. The van der Waals surface area contributed by atoms with E-state index < -0.39 is 12.2 Å². The molecule has 5 aliphatic rings. The van der Waals surface area contributed by atoms with Gasteiger partial charge in [-0.2, -0.15) is 0 Å². The number of fused-ring (bicyclic) bond motifs is 1. The van der Waals surface area contributed by atoms with Gasteiger partial charge in [0.25, 0.3) is 0 Å². The number of hydrogen-bond acceptors (Lipinski definition) is 4. The molecule has 4 nitrogen and oxygen atoms in total. The number of carbonyl (C=O) groups is 2. The Kier molecular flexibility index (Phi) is 1.53. The van der Waals surface area contributed by atoms with Crippen LogP contribution in [0.2, 0.25) is 0 Å². The zero-order valence-corrected chi connectivity index (χ0v) is 9.90. The minimum atomic E-state index is -0.837. The molecule has 0 aromatic carbocycles. The number of hydrogen-bond donors (Lipinski definition) is 2. The Balaban J connectivity index is 1.71. The predicted octanol–water partition coefficient (Wildman–Crippen LogP) is -0.376. The molecule has 5 rings (SSSR count). The van der Waals surface area contributed by atoms with Crippen LogP contribution in [-0.4, -0.2) is 34.0 Å². The third-order valence-electron chi connectivity index (χ3n) is 6.84. The average Bonchev–Trinajstić information content (AvgIpc) is 3.05. The van der Waals surface area contributed by atoms with E-state index in [1.165, 1.54) is 0 Å². The topological polar surface area (TPSA) is 74.6 Å². The second-order valence-electron chi connectivity index (χ2n) is 7.04. The molecule has 0 aromatic heterocycles. The highest BCUT2D eigenvalue weighted by molar-refractivity contribution is 5.98. The van der Waals surface area contributed by atoms with Gasteiger partial charge in [0.05, 0.1) is 0 Å². The number of rotatable bonds is 0. The quantitative estimate of drug-likeness (QED) is 0.613. The van der Waals surface area contributed by atoms with Crippen LogP contribution < -0.4 is 0 Å². The third kappa shape index (κ3) is 0.775. The predicted molar refractivity (Wildman–Crippen MR) is 59.2 cm³/mol. The van der Waals surface area contributed by atoms with E-state index in [4.69, 9.17) is 0 Å². The van der Waals surface area contributed by atoms with Gasteiger partial charge in [-0.1, -0.05) is 0 Å². The van der Waals surface area contributed by atoms with E-state index in [1.807, 2.05) is 0 Å². The van der Waals surface area contributed by atoms with Gasteiger partial charge in [-0.3, -0.25) is 9.59 Å². The van der Waals surface area contributed by atoms with Crippen LogP contribution in [0.25, 0.3) is 0 Å². The smallest absolute Gasteiger partial charge is 0.165 e. The zero-order chi connectivity index (χ0) is 12.3. The lowest BCUT2D eigenvalue weighted by atomic mass is 9.87. The van der Waals surface area contributed by atoms with Gasteiger partial charge in [0.15, 0.2) is 11.6 Å². The van der Waals surface area contributed by atoms with E-state index in [9.17, 15) is 19.8 Å². The molecule has 10 atom stereocenters. The molecule has 0 aromatic rings. The number of aliphatic hydroxyl groups excluding tert-OH is 2. The summed E-state index contributed by atoms with van der Waals surface area (Å²) in [5.74, 6) is 0.916. The summed E-state index contributed by atoms with van der Waals surface area (Å²) >= 11 is 0. The van der Waals surface area contributed by atoms with Gasteiger partial charge in [0, 0.05) is 11.8 Å². The largest absolute Gasteiger partial charge is 0.385 e. The fourth-order valence-electron chi connectivity index (χ4n) is 6.60. The van der Waals surface area contributed by atoms with E-state index in [-0.39, 0.29) is 47.1 Å². The van der Waals surface area contributed by atoms with Crippen LogP contribution >= 0.6 is 0 Å². The second-order valence-corrected chi connectivity index (χ2v) is 7.04. The normalized spacial score (nSPS) is 67.2. The molecule has 0 spiro atoms. The van der Waals surface area contributed by atoms with Crippen LogP contribution in [0.5, 0.6) is 0 Å². The van der Waals surface area contributed by atoms with Crippen LogP contribution in [-0.2, 0) is 9.59 Å². The van der Waals surface area contributed by atoms with Crippen LogP contribution in [0, 0.1) is 47.3 Å². The van der Waals surface area contributed by atoms with E-state index in [2.05, 4.69) is 0 Å². The Labute approximate surface area is 104 Å². The van der Waals surface area contributed by atoms with Gasteiger partial charge in [0.2, 0.25) is 0 Å². The van der Waals surface area contributed by atoms with Crippen LogP contribution in [0.4, 0.5) is 0 Å². The van der Waals surface area contributed by atoms with Crippen molar-refractivity contribution in [1.82, 2.24) is 0 Å². The van der Waals surface area contributed by atoms with Crippen LogP contribution in [0.15, 0.2) is 0 Å². The molecule has 0 heterocycles. The van der Waals surface area contributed by atoms with Crippen molar-refractivity contribution in [3.63, 3.8) is 0 Å². The maximum absolute atomic E-state index is 12.2. The highest BCUT2D eigenvalue weighted by Crippen LogP contribution is 2.72. The van der Waals surface area contributed by atoms with E-state index in [0.29, 0.717) is 11.8 Å². The molecule has 18 heavy (non-hydrogen) atoms. The molecule has 5 fully saturated rings. The van der Waals surface area contributed by atoms with Gasteiger partial charge in [-0.05, 0) is 48.3 Å². The molecule has 0 amide bonds. The third-order valence-corrected chi connectivity index (χ3v) is 6.84. The van der Waals surface area contributed by atoms with E-state index in [1.54, 1.807) is 0 Å². The van der Waals surface area contributed by atoms with Gasteiger partial charge in [-0.25, -0.2) is 0 Å². The first kappa shape index (κ1) is 10.1. The minimum absolute atomic E-state index is 0.106. The number of aliphatic hydroxyl groups is 2. The highest BCUT2D eigenvalue weighted by Gasteiger charge is 2.76. The molecule has 4 unspecified atom stereocenters. The van der Waals surface area contributed by atoms with Gasteiger partial charge in [0.1, 0.15) is 12.2 Å². The van der Waals surface area contributed by atoms with Crippen molar-refractivity contribution in [2.45, 2.75) is 25.0 Å². The lowest BCUT2D eigenvalue weighted by Crippen LogP contribution is -2.30. The summed E-state index contributed by atoms with van der Waals surface area (Å²) in [7, 11) is 0. The Morgan fingerprint density at radius 3 is 1.67 bits per heavy atom. The molecule has 96 valence electrons. The molecule has 0 aliphatic heterocycles. The van der Waals surface area contributed by atoms with Crippen molar-refractivity contribution in [3.8, 4) is 0 Å². The monoisotopic (exact) mass is 248 g/mol. The van der Waals surface area contributed by atoms with Crippen molar-refractivity contribution in [3.05, 3.63) is 0 Å². The first-order chi connectivity index (χ1) is 8.61.